The third-order valence-corrected chi connectivity index (χ3v) is 11.9. The molecule has 1 aromatic carbocycles. The molecule has 5 aliphatic heterocycles. The zero-order chi connectivity index (χ0) is 37.1. The van der Waals surface area contributed by atoms with E-state index in [0.29, 0.717) is 37.5 Å². The number of benzene rings is 1. The lowest BCUT2D eigenvalue weighted by Gasteiger charge is -2.50. The van der Waals surface area contributed by atoms with Gasteiger partial charge >= 0.3 is 11.9 Å². The second kappa shape index (κ2) is 14.3. The second-order valence-electron chi connectivity index (χ2n) is 16.7. The minimum atomic E-state index is -1.38. The average Bonchev–Trinajstić information content (AvgIpc) is 3.43. The molecule has 2 N–H and O–H groups in total. The molecule has 1 aromatic rings. The van der Waals surface area contributed by atoms with Crippen LogP contribution in [0.25, 0.3) is 6.08 Å². The third kappa shape index (κ3) is 7.14. The summed E-state index contributed by atoms with van der Waals surface area (Å²) >= 11 is 0. The Hall–Kier alpha value is -3.40. The monoisotopic (exact) mass is 737 g/mol. The number of epoxide rings is 1. The standard InChI is InChI=1S/C39H51N3O11/c1-38(2,3)52-30(44)14-12-25(20-43)40-35(45)26-8-5-15-41(26)37(47)39-18-29-31-32(49-21-48-31)34(39)53-42(33(39)36(46)51-29)19-24-7-4-6-22(16-24)9-10-23-11-13-27-28(17-23)50-27/h4,6-7,9-10,16,23,25-29,31-34,43H,5,8,11-15,17-21H2,1-3H3,(H,40,45)/t23?,25-,26+,27?,28?,29+,31-,32-,33-,34+,39-/m0/s1. The molecule has 14 nitrogen and oxygen atoms in total. The van der Waals surface area contributed by atoms with Gasteiger partial charge in [-0.15, -0.1) is 0 Å². The summed E-state index contributed by atoms with van der Waals surface area (Å²) in [5.74, 6) is -1.30. The molecule has 0 radical (unpaired) electrons. The number of likely N-dealkylation sites (tertiary alicyclic amines) is 1. The van der Waals surface area contributed by atoms with Crippen LogP contribution < -0.4 is 5.32 Å². The summed E-state index contributed by atoms with van der Waals surface area (Å²) in [7, 11) is 0. The lowest BCUT2D eigenvalue weighted by Crippen LogP contribution is -2.70. The molecule has 2 amide bonds. The van der Waals surface area contributed by atoms with Crippen molar-refractivity contribution in [3.63, 3.8) is 0 Å². The highest BCUT2D eigenvalue weighted by atomic mass is 16.8. The maximum atomic E-state index is 15.1. The highest BCUT2D eigenvalue weighted by Crippen LogP contribution is 2.56. The van der Waals surface area contributed by atoms with Crippen LogP contribution in [-0.4, -0.2) is 119 Å². The van der Waals surface area contributed by atoms with Gasteiger partial charge < -0.3 is 39.0 Å². The summed E-state index contributed by atoms with van der Waals surface area (Å²) in [5.41, 5.74) is -0.103. The first-order chi connectivity index (χ1) is 25.4. The first-order valence-electron chi connectivity index (χ1n) is 19.2. The van der Waals surface area contributed by atoms with E-state index in [-0.39, 0.29) is 45.1 Å². The third-order valence-electron chi connectivity index (χ3n) is 11.9. The van der Waals surface area contributed by atoms with Gasteiger partial charge in [-0.25, -0.2) is 0 Å². The van der Waals surface area contributed by atoms with E-state index in [9.17, 15) is 19.5 Å². The number of nitrogens with one attached hydrogen (secondary N) is 1. The first-order valence-corrected chi connectivity index (χ1v) is 19.2. The number of ether oxygens (including phenoxy) is 5. The number of aliphatic hydroxyl groups excluding tert-OH is 1. The van der Waals surface area contributed by atoms with E-state index >= 15 is 4.79 Å². The fourth-order valence-corrected chi connectivity index (χ4v) is 9.39. The molecule has 8 rings (SSSR count). The van der Waals surface area contributed by atoms with Gasteiger partial charge in [-0.2, -0.15) is 5.06 Å². The maximum absolute atomic E-state index is 15.1. The Morgan fingerprint density at radius 2 is 1.94 bits per heavy atom. The Kier molecular flexibility index (Phi) is 9.90. The van der Waals surface area contributed by atoms with Gasteiger partial charge in [0.05, 0.1) is 31.4 Å². The van der Waals surface area contributed by atoms with Crippen LogP contribution in [0.1, 0.15) is 83.3 Å². The largest absolute Gasteiger partial charge is 0.460 e. The Morgan fingerprint density at radius 1 is 1.11 bits per heavy atom. The van der Waals surface area contributed by atoms with Crippen LogP contribution in [0.2, 0.25) is 0 Å². The molecular weight excluding hydrogens is 686 g/mol. The molecule has 0 aromatic heterocycles. The highest BCUT2D eigenvalue weighted by Gasteiger charge is 2.75. The van der Waals surface area contributed by atoms with Gasteiger partial charge in [-0.05, 0) is 76.3 Å². The molecule has 5 saturated heterocycles. The zero-order valence-electron chi connectivity index (χ0n) is 30.6. The molecule has 53 heavy (non-hydrogen) atoms. The minimum Gasteiger partial charge on any atom is -0.460 e. The van der Waals surface area contributed by atoms with E-state index in [1.807, 2.05) is 18.2 Å². The van der Waals surface area contributed by atoms with Gasteiger partial charge in [0.1, 0.15) is 48.3 Å². The molecule has 14 heteroatoms. The number of rotatable bonds is 11. The fourth-order valence-electron chi connectivity index (χ4n) is 9.39. The lowest BCUT2D eigenvalue weighted by atomic mass is 9.62. The van der Waals surface area contributed by atoms with Gasteiger partial charge in [0.2, 0.25) is 11.8 Å². The predicted octanol–water partition coefficient (Wildman–Crippen LogP) is 2.40. The van der Waals surface area contributed by atoms with Gasteiger partial charge in [0.15, 0.2) is 6.04 Å². The molecule has 7 fully saturated rings. The van der Waals surface area contributed by atoms with Crippen LogP contribution in [0.15, 0.2) is 30.3 Å². The molecular formula is C39H51N3O11. The van der Waals surface area contributed by atoms with E-state index in [1.54, 1.807) is 30.7 Å². The quantitative estimate of drug-likeness (QED) is 0.252. The van der Waals surface area contributed by atoms with E-state index in [4.69, 9.17) is 28.5 Å². The number of carbonyl (C=O) groups excluding carboxylic acids is 4. The maximum Gasteiger partial charge on any atom is 0.327 e. The molecule has 3 unspecified atom stereocenters. The van der Waals surface area contributed by atoms with Crippen molar-refractivity contribution in [3.8, 4) is 0 Å². The van der Waals surface area contributed by atoms with Crippen LogP contribution in [0, 0.1) is 11.3 Å². The van der Waals surface area contributed by atoms with Crippen LogP contribution in [0.5, 0.6) is 0 Å². The van der Waals surface area contributed by atoms with Crippen molar-refractivity contribution < 1.29 is 52.8 Å². The van der Waals surface area contributed by atoms with Crippen molar-refractivity contribution in [1.82, 2.24) is 15.3 Å². The van der Waals surface area contributed by atoms with Crippen molar-refractivity contribution in [2.75, 3.05) is 19.9 Å². The number of amides is 2. The smallest absolute Gasteiger partial charge is 0.327 e. The fraction of sp³-hybridized carbons (Fsp3) is 0.692. The van der Waals surface area contributed by atoms with Crippen molar-refractivity contribution in [2.45, 2.75) is 139 Å². The summed E-state index contributed by atoms with van der Waals surface area (Å²) in [6, 6.07) is 5.43. The van der Waals surface area contributed by atoms with Crippen molar-refractivity contribution >= 4 is 29.8 Å². The Morgan fingerprint density at radius 3 is 2.74 bits per heavy atom. The van der Waals surface area contributed by atoms with Gasteiger partial charge in [-0.3, -0.25) is 24.0 Å². The number of carbonyl (C=O) groups is 4. The first kappa shape index (κ1) is 36.6. The molecule has 0 spiro atoms. The normalized spacial score (nSPS) is 36.5. The van der Waals surface area contributed by atoms with Crippen molar-refractivity contribution in [3.05, 3.63) is 41.5 Å². The van der Waals surface area contributed by atoms with Crippen LogP contribution in [0.3, 0.4) is 0 Å². The highest BCUT2D eigenvalue weighted by molar-refractivity contribution is 5.96. The predicted molar refractivity (Wildman–Crippen MR) is 186 cm³/mol. The van der Waals surface area contributed by atoms with Crippen molar-refractivity contribution in [2.24, 2.45) is 11.3 Å². The Bertz CT molecular complexity index is 1630. The number of fused-ring (bicyclic) bond motifs is 5. The van der Waals surface area contributed by atoms with Crippen LogP contribution in [-0.2, 0) is 54.2 Å². The summed E-state index contributed by atoms with van der Waals surface area (Å²) in [6.45, 7) is 5.46. The Labute approximate surface area is 309 Å². The summed E-state index contributed by atoms with van der Waals surface area (Å²) in [5, 5.41) is 14.5. The number of aliphatic hydroxyl groups is 1. The van der Waals surface area contributed by atoms with E-state index in [2.05, 4.69) is 23.5 Å². The van der Waals surface area contributed by atoms with E-state index in [0.717, 1.165) is 30.4 Å². The van der Waals surface area contributed by atoms with Crippen molar-refractivity contribution in [1.29, 1.82) is 0 Å². The number of hydrogen-bond donors (Lipinski definition) is 2. The van der Waals surface area contributed by atoms with Crippen LogP contribution in [0.4, 0.5) is 0 Å². The average molecular weight is 738 g/mol. The molecule has 2 bridgehead atoms. The minimum absolute atomic E-state index is 0.0122. The summed E-state index contributed by atoms with van der Waals surface area (Å²) < 4.78 is 28.9. The number of hydrogen-bond acceptors (Lipinski definition) is 12. The lowest BCUT2D eigenvalue weighted by molar-refractivity contribution is -0.204. The summed E-state index contributed by atoms with van der Waals surface area (Å²) in [4.78, 5) is 63.3. The molecule has 2 aliphatic carbocycles. The number of esters is 2. The van der Waals surface area contributed by atoms with E-state index < -0.39 is 71.4 Å². The Balaban J connectivity index is 1.01. The molecule has 2 saturated carbocycles. The summed E-state index contributed by atoms with van der Waals surface area (Å²) in [6.07, 6.45) is 7.08. The molecule has 288 valence electrons. The number of hydroxylamine groups is 2. The topological polar surface area (TPSA) is 166 Å². The van der Waals surface area contributed by atoms with Gasteiger partial charge in [0.25, 0.3) is 0 Å². The van der Waals surface area contributed by atoms with Gasteiger partial charge in [0, 0.05) is 19.4 Å². The van der Waals surface area contributed by atoms with E-state index in [1.165, 1.54) is 0 Å². The number of nitrogens with zero attached hydrogens (tertiary/aromatic N) is 2. The molecule has 11 atom stereocenters. The zero-order valence-corrected chi connectivity index (χ0v) is 30.6. The SMILES string of the molecule is CC(C)(C)OC(=O)CC[C@@H](CO)NC(=O)[C@H]1CCCN1C(=O)[C@@]12C[C@H]3OC(=O)[C@@H]1N(Cc1cccc(C=CC4CCC5OC5C4)c1)O[C@@H]2[C@H]1OCO[C@H]13. The van der Waals surface area contributed by atoms with Crippen LogP contribution >= 0.6 is 0 Å². The van der Waals surface area contributed by atoms with Gasteiger partial charge in [-0.1, -0.05) is 36.4 Å². The molecule has 7 aliphatic rings. The number of allylic oxidation sites excluding steroid dienone is 1. The second-order valence-corrected chi connectivity index (χ2v) is 16.7. The molecule has 5 heterocycles.